The maximum absolute atomic E-state index is 13.3. The largest absolute Gasteiger partial charge is 0.349 e. The molecule has 3 aromatic carbocycles. The summed E-state index contributed by atoms with van der Waals surface area (Å²) in [6, 6.07) is 28.4. The second-order valence-electron chi connectivity index (χ2n) is 16.5. The van der Waals surface area contributed by atoms with Gasteiger partial charge in [-0.15, -0.1) is 0 Å². The fraction of sp³-hybridized carbons (Fsp3) is 0.545. The van der Waals surface area contributed by atoms with Gasteiger partial charge >= 0.3 is 0 Å². The van der Waals surface area contributed by atoms with Crippen LogP contribution in [0, 0.1) is 11.8 Å². The van der Waals surface area contributed by atoms with E-state index in [1.165, 1.54) is 77.3 Å². The Morgan fingerprint density at radius 3 is 1.20 bits per heavy atom. The lowest BCUT2D eigenvalue weighted by Gasteiger charge is -2.31. The third-order valence-corrected chi connectivity index (χ3v) is 13.8. The molecule has 2 saturated carbocycles. The van der Waals surface area contributed by atoms with Crippen LogP contribution in [0.4, 0.5) is 0 Å². The second kappa shape index (κ2) is 13.9. The minimum atomic E-state index is -0.0513. The minimum absolute atomic E-state index is 0.0513. The summed E-state index contributed by atoms with van der Waals surface area (Å²) in [4.78, 5) is 32.1. The SMILES string of the molecule is O=C(NC1CCC(CCN2C3CCC2c2ccccc23)CC1)c1cccc(C(=O)NC2CCC(CCN3C4CCC3c3ccccc34)CC2)c1. The molecule has 2 amide bonds. The number of carbonyl (C=O) groups is 2. The molecule has 4 bridgehead atoms. The van der Waals surface area contributed by atoms with Crippen molar-refractivity contribution < 1.29 is 9.59 Å². The highest BCUT2D eigenvalue weighted by Gasteiger charge is 2.44. The lowest BCUT2D eigenvalue weighted by atomic mass is 9.83. The molecule has 3 aromatic rings. The van der Waals surface area contributed by atoms with Gasteiger partial charge in [-0.25, -0.2) is 0 Å². The van der Waals surface area contributed by atoms with Gasteiger partial charge in [0.2, 0.25) is 0 Å². The van der Waals surface area contributed by atoms with Crippen molar-refractivity contribution in [1.29, 1.82) is 0 Å². The number of fused-ring (bicyclic) bond motifs is 10. The summed E-state index contributed by atoms with van der Waals surface area (Å²) >= 11 is 0. The van der Waals surface area contributed by atoms with Gasteiger partial charge in [0.1, 0.15) is 0 Å². The predicted octanol–water partition coefficient (Wildman–Crippen LogP) is 8.83. The summed E-state index contributed by atoms with van der Waals surface area (Å²) in [7, 11) is 0. The Kier molecular flexibility index (Phi) is 9.03. The molecule has 4 unspecified atom stereocenters. The van der Waals surface area contributed by atoms with E-state index in [9.17, 15) is 9.59 Å². The van der Waals surface area contributed by atoms with Crippen LogP contribution < -0.4 is 10.6 Å². The average molecular weight is 671 g/mol. The van der Waals surface area contributed by atoms with Gasteiger partial charge in [-0.2, -0.15) is 0 Å². The molecule has 6 nitrogen and oxygen atoms in total. The molecule has 2 N–H and O–H groups in total. The van der Waals surface area contributed by atoms with Gasteiger partial charge < -0.3 is 10.6 Å². The molecule has 4 heterocycles. The number of benzene rings is 3. The Balaban J connectivity index is 0.698. The fourth-order valence-electron chi connectivity index (χ4n) is 11.1. The van der Waals surface area contributed by atoms with Crippen LogP contribution in [0.2, 0.25) is 0 Å². The third-order valence-electron chi connectivity index (χ3n) is 13.8. The van der Waals surface area contributed by atoms with Crippen molar-refractivity contribution in [2.24, 2.45) is 11.8 Å². The Morgan fingerprint density at radius 1 is 0.480 bits per heavy atom. The zero-order valence-electron chi connectivity index (χ0n) is 29.6. The highest BCUT2D eigenvalue weighted by molar-refractivity contribution is 5.99. The van der Waals surface area contributed by atoms with Gasteiger partial charge in [0, 0.05) is 47.4 Å². The molecule has 262 valence electrons. The van der Waals surface area contributed by atoms with Gasteiger partial charge in [0.25, 0.3) is 11.8 Å². The predicted molar refractivity (Wildman–Crippen MR) is 198 cm³/mol. The molecule has 4 atom stereocenters. The number of nitrogens with one attached hydrogen (secondary N) is 2. The molecule has 4 aliphatic heterocycles. The molecular formula is C44H54N4O2. The van der Waals surface area contributed by atoms with Gasteiger partial charge in [-0.1, -0.05) is 54.6 Å². The molecule has 0 radical (unpaired) electrons. The molecule has 2 saturated heterocycles. The van der Waals surface area contributed by atoms with E-state index in [0.717, 1.165) is 37.5 Å². The maximum Gasteiger partial charge on any atom is 0.251 e. The van der Waals surface area contributed by atoms with E-state index in [4.69, 9.17) is 0 Å². The first-order valence-electron chi connectivity index (χ1n) is 20.0. The van der Waals surface area contributed by atoms with E-state index in [2.05, 4.69) is 69.0 Å². The molecule has 4 fully saturated rings. The van der Waals surface area contributed by atoms with E-state index in [1.807, 2.05) is 18.2 Å². The van der Waals surface area contributed by atoms with Gasteiger partial charge in [-0.3, -0.25) is 19.4 Å². The molecular weight excluding hydrogens is 617 g/mol. The van der Waals surface area contributed by atoms with Crippen LogP contribution in [-0.4, -0.2) is 46.8 Å². The summed E-state index contributed by atoms with van der Waals surface area (Å²) in [5.74, 6) is 1.38. The Labute approximate surface area is 298 Å². The first-order chi connectivity index (χ1) is 24.6. The van der Waals surface area contributed by atoms with E-state index in [1.54, 1.807) is 28.3 Å². The Hall–Kier alpha value is -3.48. The summed E-state index contributed by atoms with van der Waals surface area (Å²) in [6.07, 6.45) is 16.6. The molecule has 6 aliphatic rings. The number of nitrogens with zero attached hydrogens (tertiary/aromatic N) is 2. The standard InChI is InChI=1S/C44H54N4O2/c49-43(45-33-16-12-29(13-17-33)24-26-47-39-20-21-40(47)36-9-2-1-8-35(36)39)31-6-5-7-32(28-31)44(50)46-34-18-14-30(15-19-34)25-27-48-41-22-23-42(48)38-11-4-3-10-37(38)41/h1-11,28-30,33-34,39-42H,12-27H2,(H,45,49)(H,46,50). The highest BCUT2D eigenvalue weighted by Crippen LogP contribution is 2.54. The minimum Gasteiger partial charge on any atom is -0.349 e. The zero-order valence-corrected chi connectivity index (χ0v) is 29.6. The highest BCUT2D eigenvalue weighted by atomic mass is 16.2. The second-order valence-corrected chi connectivity index (χ2v) is 16.5. The van der Waals surface area contributed by atoms with Gasteiger partial charge in [-0.05, 0) is 155 Å². The number of hydrogen-bond donors (Lipinski definition) is 2. The van der Waals surface area contributed by atoms with E-state index < -0.39 is 0 Å². The topological polar surface area (TPSA) is 64.7 Å². The van der Waals surface area contributed by atoms with Crippen LogP contribution in [0.25, 0.3) is 0 Å². The van der Waals surface area contributed by atoms with Crippen LogP contribution in [0.15, 0.2) is 72.8 Å². The number of amides is 2. The number of rotatable bonds is 10. The number of hydrogen-bond acceptors (Lipinski definition) is 4. The molecule has 0 spiro atoms. The maximum atomic E-state index is 13.3. The van der Waals surface area contributed by atoms with Crippen molar-refractivity contribution in [3.05, 3.63) is 106 Å². The zero-order chi connectivity index (χ0) is 33.6. The van der Waals surface area contributed by atoms with Crippen molar-refractivity contribution in [3.8, 4) is 0 Å². The Bertz CT molecular complexity index is 1520. The van der Waals surface area contributed by atoms with Crippen molar-refractivity contribution in [3.63, 3.8) is 0 Å². The summed E-state index contributed by atoms with van der Waals surface area (Å²) in [6.45, 7) is 2.38. The Morgan fingerprint density at radius 2 is 0.840 bits per heavy atom. The normalized spacial score (nSPS) is 31.4. The van der Waals surface area contributed by atoms with Crippen molar-refractivity contribution in [2.75, 3.05) is 13.1 Å². The average Bonchev–Trinajstić information content (AvgIpc) is 3.92. The van der Waals surface area contributed by atoms with Crippen LogP contribution in [0.1, 0.15) is 157 Å². The van der Waals surface area contributed by atoms with Gasteiger partial charge in [0.15, 0.2) is 0 Å². The molecule has 9 rings (SSSR count). The summed E-state index contributed by atoms with van der Waals surface area (Å²) in [5.41, 5.74) is 7.46. The first-order valence-corrected chi connectivity index (χ1v) is 20.0. The lowest BCUT2D eigenvalue weighted by molar-refractivity contribution is 0.0918. The molecule has 6 heteroatoms. The molecule has 2 aliphatic carbocycles. The van der Waals surface area contributed by atoms with Crippen molar-refractivity contribution in [1.82, 2.24) is 20.4 Å². The van der Waals surface area contributed by atoms with Crippen molar-refractivity contribution >= 4 is 11.8 Å². The molecule has 50 heavy (non-hydrogen) atoms. The van der Waals surface area contributed by atoms with Crippen molar-refractivity contribution in [2.45, 2.75) is 126 Å². The van der Waals surface area contributed by atoms with Crippen LogP contribution in [0.3, 0.4) is 0 Å². The van der Waals surface area contributed by atoms with Crippen LogP contribution in [-0.2, 0) is 0 Å². The number of carbonyl (C=O) groups excluding carboxylic acids is 2. The third kappa shape index (κ3) is 6.21. The first kappa shape index (κ1) is 32.4. The van der Waals surface area contributed by atoms with Gasteiger partial charge in [0.05, 0.1) is 0 Å². The fourth-order valence-corrected chi connectivity index (χ4v) is 11.1. The summed E-state index contributed by atoms with van der Waals surface area (Å²) < 4.78 is 0. The quantitative estimate of drug-likeness (QED) is 0.226. The molecule has 0 aromatic heterocycles. The van der Waals surface area contributed by atoms with E-state index in [0.29, 0.717) is 35.3 Å². The smallest absolute Gasteiger partial charge is 0.251 e. The summed E-state index contributed by atoms with van der Waals surface area (Å²) in [5, 5.41) is 6.61. The van der Waals surface area contributed by atoms with E-state index in [-0.39, 0.29) is 23.9 Å². The van der Waals surface area contributed by atoms with Crippen LogP contribution in [0.5, 0.6) is 0 Å². The monoisotopic (exact) mass is 670 g/mol. The lowest BCUT2D eigenvalue weighted by Crippen LogP contribution is -2.39. The van der Waals surface area contributed by atoms with Crippen LogP contribution >= 0.6 is 0 Å². The van der Waals surface area contributed by atoms with E-state index >= 15 is 0 Å².